The fourth-order valence-corrected chi connectivity index (χ4v) is 2.12. The van der Waals surface area contributed by atoms with Crippen molar-refractivity contribution in [3.63, 3.8) is 0 Å². The van der Waals surface area contributed by atoms with Gasteiger partial charge >= 0.3 is 0 Å². The van der Waals surface area contributed by atoms with Crippen molar-refractivity contribution in [2.75, 3.05) is 20.8 Å². The average Bonchev–Trinajstić information content (AvgIpc) is 2.94. The molecule has 2 rings (SSSR count). The minimum absolute atomic E-state index is 0.278. The number of nitrogens with one attached hydrogen (secondary N) is 1. The van der Waals surface area contributed by atoms with E-state index in [1.165, 1.54) is 0 Å². The van der Waals surface area contributed by atoms with Crippen molar-refractivity contribution >= 4 is 0 Å². The second kappa shape index (κ2) is 7.07. The third-order valence-corrected chi connectivity index (χ3v) is 3.18. The van der Waals surface area contributed by atoms with Gasteiger partial charge in [0.15, 0.2) is 0 Å². The van der Waals surface area contributed by atoms with Gasteiger partial charge in [0, 0.05) is 19.9 Å². The number of aromatic nitrogens is 2. The van der Waals surface area contributed by atoms with E-state index in [2.05, 4.69) is 28.6 Å². The zero-order valence-corrected chi connectivity index (χ0v) is 11.5. The quantitative estimate of drug-likeness (QED) is 0.777. The molecule has 0 radical (unpaired) electrons. The van der Waals surface area contributed by atoms with E-state index in [-0.39, 0.29) is 6.04 Å². The van der Waals surface area contributed by atoms with Gasteiger partial charge in [-0.15, -0.1) is 0 Å². The lowest BCUT2D eigenvalue weighted by Gasteiger charge is -2.13. The normalized spacial score (nSPS) is 12.5. The predicted octanol–water partition coefficient (Wildman–Crippen LogP) is 2.56. The molecule has 0 fully saturated rings. The highest BCUT2D eigenvalue weighted by Gasteiger charge is 2.12. The average molecular weight is 259 g/mol. The van der Waals surface area contributed by atoms with Gasteiger partial charge in [0.25, 0.3) is 0 Å². The molecule has 0 saturated heterocycles. The van der Waals surface area contributed by atoms with Gasteiger partial charge in [-0.3, -0.25) is 0 Å². The molecule has 1 heterocycles. The first kappa shape index (κ1) is 13.8. The molecule has 0 aliphatic heterocycles. The molecule has 102 valence electrons. The van der Waals surface area contributed by atoms with Crippen LogP contribution < -0.4 is 5.32 Å². The Bertz CT molecular complexity index is 481. The van der Waals surface area contributed by atoms with Gasteiger partial charge in [-0.1, -0.05) is 18.2 Å². The summed E-state index contributed by atoms with van der Waals surface area (Å²) in [5, 5.41) is 7.95. The number of benzene rings is 1. The summed E-state index contributed by atoms with van der Waals surface area (Å²) in [7, 11) is 3.71. The smallest absolute Gasteiger partial charge is 0.0798 e. The summed E-state index contributed by atoms with van der Waals surface area (Å²) >= 11 is 0. The van der Waals surface area contributed by atoms with Crippen LogP contribution in [0.1, 0.15) is 24.6 Å². The minimum Gasteiger partial charge on any atom is -0.385 e. The Morgan fingerprint density at radius 1 is 1.26 bits per heavy atom. The summed E-state index contributed by atoms with van der Waals surface area (Å²) in [5.41, 5.74) is 2.16. The first-order valence-electron chi connectivity index (χ1n) is 6.62. The highest BCUT2D eigenvalue weighted by molar-refractivity contribution is 5.30. The van der Waals surface area contributed by atoms with Crippen LogP contribution in [0.5, 0.6) is 0 Å². The maximum atomic E-state index is 5.09. The largest absolute Gasteiger partial charge is 0.385 e. The van der Waals surface area contributed by atoms with Gasteiger partial charge in [0.1, 0.15) is 0 Å². The second-order valence-electron chi connectivity index (χ2n) is 4.50. The molecule has 0 aliphatic rings. The zero-order valence-electron chi connectivity index (χ0n) is 11.5. The predicted molar refractivity (Wildman–Crippen MR) is 76.5 cm³/mol. The molecule has 1 N–H and O–H groups in total. The van der Waals surface area contributed by atoms with Gasteiger partial charge in [-0.25, -0.2) is 4.68 Å². The summed E-state index contributed by atoms with van der Waals surface area (Å²) < 4.78 is 7.01. The van der Waals surface area contributed by atoms with Crippen molar-refractivity contribution in [2.45, 2.75) is 18.9 Å². The highest BCUT2D eigenvalue weighted by atomic mass is 16.5. The molecule has 4 nitrogen and oxygen atoms in total. The number of para-hydroxylation sites is 1. The fraction of sp³-hybridized carbons (Fsp3) is 0.400. The van der Waals surface area contributed by atoms with Crippen LogP contribution in [0, 0.1) is 0 Å². The third-order valence-electron chi connectivity index (χ3n) is 3.18. The molecule has 1 aromatic carbocycles. The molecule has 1 unspecified atom stereocenters. The molecule has 2 aromatic rings. The van der Waals surface area contributed by atoms with Crippen molar-refractivity contribution in [3.05, 3.63) is 48.3 Å². The van der Waals surface area contributed by atoms with Crippen LogP contribution in [0.15, 0.2) is 42.6 Å². The van der Waals surface area contributed by atoms with Crippen molar-refractivity contribution in [3.8, 4) is 5.69 Å². The van der Waals surface area contributed by atoms with Crippen LogP contribution in [0.25, 0.3) is 5.69 Å². The van der Waals surface area contributed by atoms with E-state index in [4.69, 9.17) is 4.74 Å². The van der Waals surface area contributed by atoms with Gasteiger partial charge in [-0.2, -0.15) is 5.10 Å². The van der Waals surface area contributed by atoms with Crippen molar-refractivity contribution in [2.24, 2.45) is 0 Å². The maximum absolute atomic E-state index is 5.09. The molecule has 0 spiro atoms. The van der Waals surface area contributed by atoms with Crippen molar-refractivity contribution < 1.29 is 4.74 Å². The van der Waals surface area contributed by atoms with Crippen molar-refractivity contribution in [1.82, 2.24) is 15.1 Å². The number of ether oxygens (including phenoxy) is 1. The van der Waals surface area contributed by atoms with Crippen LogP contribution in [-0.2, 0) is 4.74 Å². The Morgan fingerprint density at radius 2 is 2.05 bits per heavy atom. The SMILES string of the molecule is CNC(CCCOC)c1ccn(-c2ccccc2)n1. The highest BCUT2D eigenvalue weighted by Crippen LogP contribution is 2.17. The molecule has 4 heteroatoms. The van der Waals surface area contributed by atoms with E-state index in [0.717, 1.165) is 30.8 Å². The first-order chi connectivity index (χ1) is 9.35. The summed E-state index contributed by atoms with van der Waals surface area (Å²) in [5.74, 6) is 0. The summed E-state index contributed by atoms with van der Waals surface area (Å²) in [6.45, 7) is 0.789. The van der Waals surface area contributed by atoms with Crippen LogP contribution in [0.3, 0.4) is 0 Å². The Kier molecular flexibility index (Phi) is 5.12. The maximum Gasteiger partial charge on any atom is 0.0798 e. The second-order valence-corrected chi connectivity index (χ2v) is 4.50. The van der Waals surface area contributed by atoms with E-state index in [9.17, 15) is 0 Å². The van der Waals surface area contributed by atoms with Crippen LogP contribution in [-0.4, -0.2) is 30.5 Å². The number of hydrogen-bond donors (Lipinski definition) is 1. The minimum atomic E-state index is 0.278. The third kappa shape index (κ3) is 3.66. The Labute approximate surface area is 114 Å². The lowest BCUT2D eigenvalue weighted by molar-refractivity contribution is 0.189. The van der Waals surface area contributed by atoms with E-state index in [1.54, 1.807) is 7.11 Å². The van der Waals surface area contributed by atoms with Crippen LogP contribution >= 0.6 is 0 Å². The topological polar surface area (TPSA) is 39.1 Å². The fourth-order valence-electron chi connectivity index (χ4n) is 2.12. The molecular weight excluding hydrogens is 238 g/mol. The lowest BCUT2D eigenvalue weighted by Crippen LogP contribution is -2.17. The van der Waals surface area contributed by atoms with E-state index in [1.807, 2.05) is 36.1 Å². The van der Waals surface area contributed by atoms with Gasteiger partial charge in [-0.05, 0) is 38.1 Å². The first-order valence-corrected chi connectivity index (χ1v) is 6.62. The molecule has 0 bridgehead atoms. The van der Waals surface area contributed by atoms with Crippen LogP contribution in [0.4, 0.5) is 0 Å². The molecule has 0 amide bonds. The molecule has 1 atom stereocenters. The van der Waals surface area contributed by atoms with Crippen LogP contribution in [0.2, 0.25) is 0 Å². The monoisotopic (exact) mass is 259 g/mol. The number of nitrogens with zero attached hydrogens (tertiary/aromatic N) is 2. The van der Waals surface area contributed by atoms with Gasteiger partial charge < -0.3 is 10.1 Å². The molecule has 0 saturated carbocycles. The summed E-state index contributed by atoms with van der Waals surface area (Å²) in [6, 6.07) is 12.5. The Morgan fingerprint density at radius 3 is 2.74 bits per heavy atom. The summed E-state index contributed by atoms with van der Waals surface area (Å²) in [6.07, 6.45) is 4.06. The summed E-state index contributed by atoms with van der Waals surface area (Å²) in [4.78, 5) is 0. The van der Waals surface area contributed by atoms with Gasteiger partial charge in [0.05, 0.1) is 17.4 Å². The standard InChI is InChI=1S/C15H21N3O/c1-16-14(9-6-12-19-2)15-10-11-18(17-15)13-7-4-3-5-8-13/h3-5,7-8,10-11,14,16H,6,9,12H2,1-2H3. The lowest BCUT2D eigenvalue weighted by atomic mass is 10.1. The van der Waals surface area contributed by atoms with E-state index >= 15 is 0 Å². The molecule has 1 aromatic heterocycles. The Balaban J connectivity index is 2.06. The number of hydrogen-bond acceptors (Lipinski definition) is 3. The van der Waals surface area contributed by atoms with Crippen molar-refractivity contribution in [1.29, 1.82) is 0 Å². The number of methoxy groups -OCH3 is 1. The molecule has 19 heavy (non-hydrogen) atoms. The van der Waals surface area contributed by atoms with E-state index < -0.39 is 0 Å². The number of rotatable bonds is 7. The van der Waals surface area contributed by atoms with E-state index in [0.29, 0.717) is 0 Å². The van der Waals surface area contributed by atoms with Gasteiger partial charge in [0.2, 0.25) is 0 Å². The Hall–Kier alpha value is -1.65. The molecular formula is C15H21N3O. The molecule has 0 aliphatic carbocycles. The zero-order chi connectivity index (χ0) is 13.5.